The summed E-state index contributed by atoms with van der Waals surface area (Å²) in [5.74, 6) is 0. The first-order valence-corrected chi connectivity index (χ1v) is 15.3. The molecule has 0 saturated carbocycles. The second-order valence-electron chi connectivity index (χ2n) is 11.5. The summed E-state index contributed by atoms with van der Waals surface area (Å²) < 4.78 is 266. The van der Waals surface area contributed by atoms with Crippen LogP contribution < -0.4 is 0 Å². The maximum absolute atomic E-state index is 9.95. The molecule has 51 heavy (non-hydrogen) atoms. The third-order valence-electron chi connectivity index (χ3n) is 8.67. The quantitative estimate of drug-likeness (QED) is 0.165. The van der Waals surface area contributed by atoms with Crippen LogP contribution in [0.25, 0.3) is 98.4 Å². The normalized spacial score (nSPS) is 20.0. The van der Waals surface area contributed by atoms with Crippen LogP contribution in [0.2, 0.25) is 0 Å². The lowest BCUT2D eigenvalue weighted by Crippen LogP contribution is -1.96. The highest BCUT2D eigenvalue weighted by molar-refractivity contribution is 6.26. The predicted octanol–water partition coefficient (Wildman–Crippen LogP) is 13.3. The summed E-state index contributed by atoms with van der Waals surface area (Å²) in [6.45, 7) is 1.34. The topological polar surface area (TPSA) is 9.86 Å². The first kappa shape index (κ1) is 12.0. The molecule has 0 spiro atoms. The highest BCUT2D eigenvalue weighted by atomic mass is 15.0. The van der Waals surface area contributed by atoms with Crippen molar-refractivity contribution in [1.82, 2.24) is 9.13 Å². The summed E-state index contributed by atoms with van der Waals surface area (Å²) >= 11 is 0. The summed E-state index contributed by atoms with van der Waals surface area (Å²) in [7, 11) is 0. The average Bonchev–Trinajstić information content (AvgIpc) is 4.16. The van der Waals surface area contributed by atoms with Crippen LogP contribution in [0.3, 0.4) is 0 Å². The summed E-state index contributed by atoms with van der Waals surface area (Å²) in [5, 5.41) is -4.86. The zero-order chi connectivity index (χ0) is 58.9. The molecule has 2 aromatic heterocycles. The molecule has 2 nitrogen and oxygen atoms in total. The predicted molar refractivity (Wildman–Crippen MR) is 218 cm³/mol. The fourth-order valence-corrected chi connectivity index (χ4v) is 6.52. The van der Waals surface area contributed by atoms with Gasteiger partial charge in [-0.15, -0.1) is 0 Å². The summed E-state index contributed by atoms with van der Waals surface area (Å²) in [4.78, 5) is 0. The van der Waals surface area contributed by atoms with E-state index in [9.17, 15) is 16.4 Å². The number of aromatic nitrogens is 2. The van der Waals surface area contributed by atoms with Crippen molar-refractivity contribution in [2.24, 2.45) is 0 Å². The zero-order valence-corrected chi connectivity index (χ0v) is 25.9. The van der Waals surface area contributed by atoms with E-state index in [4.69, 9.17) is 23.3 Å². The molecule has 0 amide bonds. The van der Waals surface area contributed by atoms with Crippen molar-refractivity contribution < 1.29 is 39.8 Å². The third kappa shape index (κ3) is 4.11. The van der Waals surface area contributed by atoms with E-state index in [-0.39, 0.29) is 10.9 Å². The molecule has 11 aromatic rings. The second kappa shape index (κ2) is 10.7. The molecule has 238 valence electrons. The standard InChI is InChI=1S/C49H32N2/c1-31-21-24-38-39-25-22-33(29-44(39)37-14-3-2-13-36(37)43(38)27-31)32-11-10-12-34(28-32)50-48-20-9-6-17-42(48)45-30-35(23-26-49(45)50)51-46-18-7-4-15-40(46)41-16-5-8-19-47(41)51/h2-30H,1H3/i2D,3D,4D,5D,6D,7D,8D,9D,10D,11D,12D,13D,14D,15D,16D,17D,18D,19D,20D,21D,22D,23D,24D,25D,26D,27D,28D,29D,30D. The van der Waals surface area contributed by atoms with E-state index in [1.165, 1.54) is 6.92 Å². The van der Waals surface area contributed by atoms with Crippen molar-refractivity contribution >= 4 is 75.9 Å². The highest BCUT2D eigenvalue weighted by Crippen LogP contribution is 2.40. The van der Waals surface area contributed by atoms with Crippen LogP contribution in [0.15, 0.2) is 175 Å². The number of rotatable bonds is 3. The first-order valence-electron chi connectivity index (χ1n) is 29.8. The SMILES string of the molecule is [2H]c1c([2H])c(-c2c([2H])c([2H])c3c4c([2H])c([2H])c(C)c([2H])c4c4c([2H])c([2H])c([2H])c([2H])c4c3c2[2H])c([2H])c(-n2c3c([2H])c([2H])c([2H])c([2H])c3c3c([2H])c(-n4c5c([2H])c([2H])c([2H])c([2H])c5c5c([2H])c([2H])c([2H])c([2H])c54)c([2H])c([2H])c32)c1[2H]. The number of fused-ring (bicyclic) bond motifs is 12. The van der Waals surface area contributed by atoms with Crippen LogP contribution in [-0.4, -0.2) is 9.13 Å². The number of nitrogens with zero attached hydrogens (tertiary/aromatic N) is 2. The van der Waals surface area contributed by atoms with E-state index in [0.717, 1.165) is 4.57 Å². The molecule has 0 aliphatic rings. The van der Waals surface area contributed by atoms with Gasteiger partial charge in [0.1, 0.15) is 0 Å². The molecule has 0 aliphatic heterocycles. The fraction of sp³-hybridized carbons (Fsp3) is 0.0204. The van der Waals surface area contributed by atoms with Crippen LogP contribution in [-0.2, 0) is 0 Å². The minimum absolute atomic E-state index is 0.0740. The second-order valence-corrected chi connectivity index (χ2v) is 11.5. The molecule has 2 heterocycles. The molecular weight excluding hydrogens is 617 g/mol. The van der Waals surface area contributed by atoms with Gasteiger partial charge in [0.2, 0.25) is 0 Å². The van der Waals surface area contributed by atoms with Crippen molar-refractivity contribution in [3.05, 3.63) is 181 Å². The molecule has 2 heteroatoms. The van der Waals surface area contributed by atoms with E-state index in [1.807, 2.05) is 0 Å². The summed E-state index contributed by atoms with van der Waals surface area (Å²) in [6.07, 6.45) is 0. The lowest BCUT2D eigenvalue weighted by molar-refractivity contribution is 1.17. The van der Waals surface area contributed by atoms with E-state index in [0.29, 0.717) is 4.57 Å². The van der Waals surface area contributed by atoms with Crippen molar-refractivity contribution in [2.75, 3.05) is 0 Å². The van der Waals surface area contributed by atoms with Gasteiger partial charge in [-0.1, -0.05) is 126 Å². The lowest BCUT2D eigenvalue weighted by atomic mass is 9.91. The Balaban J connectivity index is 1.36. The van der Waals surface area contributed by atoms with E-state index in [1.54, 1.807) is 0 Å². The Bertz CT molecular complexity index is 4760. The third-order valence-corrected chi connectivity index (χ3v) is 8.67. The van der Waals surface area contributed by atoms with Gasteiger partial charge < -0.3 is 9.13 Å². The van der Waals surface area contributed by atoms with Crippen LogP contribution in [0.4, 0.5) is 0 Å². The molecule has 9 aromatic carbocycles. The molecule has 0 saturated heterocycles. The van der Waals surface area contributed by atoms with Gasteiger partial charge in [0.05, 0.1) is 61.8 Å². The minimum atomic E-state index is -1.09. The summed E-state index contributed by atoms with van der Waals surface area (Å²) in [6, 6.07) is -25.3. The van der Waals surface area contributed by atoms with Gasteiger partial charge in [0.15, 0.2) is 0 Å². The fourth-order valence-electron chi connectivity index (χ4n) is 6.52. The van der Waals surface area contributed by atoms with Crippen LogP contribution in [0.5, 0.6) is 0 Å². The van der Waals surface area contributed by atoms with E-state index < -0.39 is 268 Å². The largest absolute Gasteiger partial charge is 0.309 e. The Kier molecular flexibility index (Phi) is 2.51. The number of para-hydroxylation sites is 3. The maximum Gasteiger partial charge on any atom is 0.0652 e. The molecule has 0 bridgehead atoms. The molecule has 0 unspecified atom stereocenters. The maximum atomic E-state index is 9.95. The van der Waals surface area contributed by atoms with Gasteiger partial charge in [-0.25, -0.2) is 0 Å². The molecule has 11 rings (SSSR count). The van der Waals surface area contributed by atoms with Crippen molar-refractivity contribution in [2.45, 2.75) is 6.92 Å². The zero-order valence-electron chi connectivity index (χ0n) is 54.9. The van der Waals surface area contributed by atoms with Gasteiger partial charge in [0, 0.05) is 32.9 Å². The van der Waals surface area contributed by atoms with E-state index >= 15 is 0 Å². The number of hydrogen-bond acceptors (Lipinski definition) is 0. The van der Waals surface area contributed by atoms with Crippen LogP contribution >= 0.6 is 0 Å². The molecule has 0 N–H and O–H groups in total. The van der Waals surface area contributed by atoms with Crippen LogP contribution in [0, 0.1) is 6.92 Å². The smallest absolute Gasteiger partial charge is 0.0652 e. The van der Waals surface area contributed by atoms with Gasteiger partial charge in [0.25, 0.3) is 0 Å². The average molecular weight is 678 g/mol. The minimum Gasteiger partial charge on any atom is -0.309 e. The molecular formula is C49H32N2. The summed E-state index contributed by atoms with van der Waals surface area (Å²) in [5.41, 5.74) is -6.10. The van der Waals surface area contributed by atoms with Gasteiger partial charge in [-0.3, -0.25) is 0 Å². The number of hydrogen-bond donors (Lipinski definition) is 0. The Morgan fingerprint density at radius 2 is 0.784 bits per heavy atom. The van der Waals surface area contributed by atoms with Crippen molar-refractivity contribution in [3.8, 4) is 22.5 Å². The Labute approximate surface area is 335 Å². The Morgan fingerprint density at radius 1 is 0.314 bits per heavy atom. The van der Waals surface area contributed by atoms with Crippen LogP contribution in [0.1, 0.15) is 45.3 Å². The number of benzene rings is 9. The van der Waals surface area contributed by atoms with Crippen molar-refractivity contribution in [3.63, 3.8) is 0 Å². The van der Waals surface area contributed by atoms with Gasteiger partial charge in [-0.2, -0.15) is 0 Å². The van der Waals surface area contributed by atoms with Gasteiger partial charge in [-0.05, 0) is 105 Å². The lowest BCUT2D eigenvalue weighted by Gasteiger charge is -2.14. The Morgan fingerprint density at radius 3 is 1.43 bits per heavy atom. The molecule has 0 radical (unpaired) electrons. The van der Waals surface area contributed by atoms with Gasteiger partial charge >= 0.3 is 0 Å². The first-order chi connectivity index (χ1) is 37.3. The Hall–Kier alpha value is -6.64. The van der Waals surface area contributed by atoms with E-state index in [2.05, 4.69) is 0 Å². The monoisotopic (exact) mass is 677 g/mol. The molecule has 0 fully saturated rings. The highest BCUT2D eigenvalue weighted by Gasteiger charge is 2.17. The molecule has 0 aliphatic carbocycles. The molecule has 0 atom stereocenters. The van der Waals surface area contributed by atoms with Crippen molar-refractivity contribution in [1.29, 1.82) is 0 Å².